The molecule has 0 spiro atoms. The lowest BCUT2D eigenvalue weighted by Gasteiger charge is -2.21. The SMILES string of the molecule is CCN(c1nc2ccccc2n2c(-c3ccc(F)cc3)nnc12)S(=O)(=O)c1cccs1. The lowest BCUT2D eigenvalue weighted by Crippen LogP contribution is -2.31. The molecule has 156 valence electrons. The van der Waals surface area contributed by atoms with Gasteiger partial charge in [-0.15, -0.1) is 21.5 Å². The Morgan fingerprint density at radius 1 is 1.03 bits per heavy atom. The van der Waals surface area contributed by atoms with E-state index in [0.29, 0.717) is 22.6 Å². The Balaban J connectivity index is 1.82. The zero-order valence-electron chi connectivity index (χ0n) is 16.3. The first-order valence-electron chi connectivity index (χ1n) is 9.47. The van der Waals surface area contributed by atoms with Gasteiger partial charge in [-0.25, -0.2) is 22.1 Å². The Kier molecular flexibility index (Phi) is 4.67. The van der Waals surface area contributed by atoms with Crippen LogP contribution in [0.4, 0.5) is 10.2 Å². The average Bonchev–Trinajstić information content (AvgIpc) is 3.46. The minimum atomic E-state index is -3.82. The number of sulfonamides is 1. The molecule has 0 unspecified atom stereocenters. The maximum absolute atomic E-state index is 13.5. The fraction of sp³-hybridized carbons (Fsp3) is 0.0952. The fourth-order valence-corrected chi connectivity index (χ4v) is 6.00. The van der Waals surface area contributed by atoms with Gasteiger partial charge in [0.15, 0.2) is 11.6 Å². The van der Waals surface area contributed by atoms with Crippen molar-refractivity contribution in [1.29, 1.82) is 0 Å². The summed E-state index contributed by atoms with van der Waals surface area (Å²) in [7, 11) is -3.82. The van der Waals surface area contributed by atoms with Crippen molar-refractivity contribution in [2.24, 2.45) is 0 Å². The van der Waals surface area contributed by atoms with Crippen LogP contribution in [-0.4, -0.2) is 34.5 Å². The standard InChI is InChI=1S/C21H16FN5O2S2/c1-2-26(31(28,29)18-8-5-13-30-18)20-21-25-24-19(14-9-11-15(22)12-10-14)27(21)17-7-4-3-6-16(17)23-20/h3-13H,2H2,1H3. The Hall–Kier alpha value is -3.37. The van der Waals surface area contributed by atoms with Gasteiger partial charge in [-0.05, 0) is 54.8 Å². The van der Waals surface area contributed by atoms with Crippen LogP contribution in [-0.2, 0) is 10.0 Å². The molecule has 7 nitrogen and oxygen atoms in total. The van der Waals surface area contributed by atoms with Gasteiger partial charge < -0.3 is 0 Å². The zero-order chi connectivity index (χ0) is 21.6. The molecule has 3 aromatic heterocycles. The number of hydrogen-bond acceptors (Lipinski definition) is 6. The van der Waals surface area contributed by atoms with E-state index in [-0.39, 0.29) is 22.4 Å². The summed E-state index contributed by atoms with van der Waals surface area (Å²) < 4.78 is 43.3. The van der Waals surface area contributed by atoms with E-state index in [4.69, 9.17) is 0 Å². The van der Waals surface area contributed by atoms with Crippen molar-refractivity contribution in [3.8, 4) is 11.4 Å². The lowest BCUT2D eigenvalue weighted by molar-refractivity contribution is 0.593. The van der Waals surface area contributed by atoms with Crippen LogP contribution in [0.5, 0.6) is 0 Å². The Bertz CT molecular complexity index is 1500. The molecule has 0 atom stereocenters. The molecule has 0 fully saturated rings. The molecule has 0 amide bonds. The number of fused-ring (bicyclic) bond motifs is 3. The van der Waals surface area contributed by atoms with E-state index in [9.17, 15) is 12.8 Å². The summed E-state index contributed by atoms with van der Waals surface area (Å²) in [5.74, 6) is 0.305. The number of para-hydroxylation sites is 2. The van der Waals surface area contributed by atoms with E-state index < -0.39 is 10.0 Å². The van der Waals surface area contributed by atoms with Gasteiger partial charge in [0.1, 0.15) is 10.0 Å². The van der Waals surface area contributed by atoms with Crippen LogP contribution in [0.25, 0.3) is 28.1 Å². The highest BCUT2D eigenvalue weighted by molar-refractivity contribution is 7.94. The van der Waals surface area contributed by atoms with Crippen LogP contribution in [0.2, 0.25) is 0 Å². The van der Waals surface area contributed by atoms with Gasteiger partial charge in [-0.3, -0.25) is 4.40 Å². The number of aromatic nitrogens is 4. The molecule has 2 aromatic carbocycles. The molecule has 0 bridgehead atoms. The molecule has 31 heavy (non-hydrogen) atoms. The summed E-state index contributed by atoms with van der Waals surface area (Å²) in [6.07, 6.45) is 0. The molecule has 0 saturated heterocycles. The summed E-state index contributed by atoms with van der Waals surface area (Å²) >= 11 is 1.14. The second-order valence-corrected chi connectivity index (χ2v) is 9.75. The highest BCUT2D eigenvalue weighted by Crippen LogP contribution is 2.32. The first-order chi connectivity index (χ1) is 15.0. The number of halogens is 1. The average molecular weight is 454 g/mol. The first-order valence-corrected chi connectivity index (χ1v) is 11.8. The number of anilines is 1. The van der Waals surface area contributed by atoms with Crippen LogP contribution < -0.4 is 4.31 Å². The molecular weight excluding hydrogens is 437 g/mol. The van der Waals surface area contributed by atoms with Crippen LogP contribution in [0, 0.1) is 5.82 Å². The van der Waals surface area contributed by atoms with Crippen molar-refractivity contribution < 1.29 is 12.8 Å². The van der Waals surface area contributed by atoms with Gasteiger partial charge in [0.25, 0.3) is 10.0 Å². The van der Waals surface area contributed by atoms with E-state index in [1.807, 2.05) is 18.2 Å². The predicted octanol–water partition coefficient (Wildman–Crippen LogP) is 4.36. The third-order valence-electron chi connectivity index (χ3n) is 4.88. The molecule has 3 heterocycles. The largest absolute Gasteiger partial charge is 0.275 e. The van der Waals surface area contributed by atoms with Gasteiger partial charge in [0.05, 0.1) is 11.0 Å². The topological polar surface area (TPSA) is 80.5 Å². The van der Waals surface area contributed by atoms with Crippen molar-refractivity contribution in [1.82, 2.24) is 19.6 Å². The second kappa shape index (κ2) is 7.40. The van der Waals surface area contributed by atoms with Gasteiger partial charge in [-0.1, -0.05) is 18.2 Å². The van der Waals surface area contributed by atoms with Gasteiger partial charge in [0.2, 0.25) is 5.65 Å². The summed E-state index contributed by atoms with van der Waals surface area (Å²) in [5.41, 5.74) is 2.27. The quantitative estimate of drug-likeness (QED) is 0.395. The minimum Gasteiger partial charge on any atom is -0.270 e. The minimum absolute atomic E-state index is 0.167. The van der Waals surface area contributed by atoms with Gasteiger partial charge >= 0.3 is 0 Å². The van der Waals surface area contributed by atoms with Crippen molar-refractivity contribution in [3.63, 3.8) is 0 Å². The van der Waals surface area contributed by atoms with Gasteiger partial charge in [0, 0.05) is 12.1 Å². The van der Waals surface area contributed by atoms with Crippen LogP contribution >= 0.6 is 11.3 Å². The van der Waals surface area contributed by atoms with E-state index in [2.05, 4.69) is 15.2 Å². The van der Waals surface area contributed by atoms with Crippen molar-refractivity contribution in [2.45, 2.75) is 11.1 Å². The third-order valence-corrected chi connectivity index (χ3v) is 8.12. The summed E-state index contributed by atoms with van der Waals surface area (Å²) in [6.45, 7) is 1.91. The first kappa shape index (κ1) is 19.6. The maximum Gasteiger partial charge on any atom is 0.275 e. The van der Waals surface area contributed by atoms with Crippen LogP contribution in [0.3, 0.4) is 0 Å². The van der Waals surface area contributed by atoms with E-state index in [1.165, 1.54) is 16.4 Å². The summed E-state index contributed by atoms with van der Waals surface area (Å²) in [4.78, 5) is 4.64. The molecule has 0 radical (unpaired) electrons. The molecule has 5 aromatic rings. The molecule has 5 rings (SSSR count). The molecule has 0 aliphatic carbocycles. The molecule has 0 N–H and O–H groups in total. The number of rotatable bonds is 5. The second-order valence-electron chi connectivity index (χ2n) is 6.72. The van der Waals surface area contributed by atoms with Gasteiger partial charge in [-0.2, -0.15) is 0 Å². The normalized spacial score (nSPS) is 11.9. The van der Waals surface area contributed by atoms with E-state index in [1.54, 1.807) is 47.0 Å². The number of thiophene rings is 1. The Morgan fingerprint density at radius 3 is 2.52 bits per heavy atom. The zero-order valence-corrected chi connectivity index (χ0v) is 17.9. The summed E-state index contributed by atoms with van der Waals surface area (Å²) in [6, 6.07) is 16.5. The van der Waals surface area contributed by atoms with Crippen LogP contribution in [0.1, 0.15) is 6.92 Å². The highest BCUT2D eigenvalue weighted by Gasteiger charge is 2.29. The highest BCUT2D eigenvalue weighted by atomic mass is 32.2. The molecule has 10 heteroatoms. The molecule has 0 aliphatic rings. The third kappa shape index (κ3) is 3.15. The smallest absolute Gasteiger partial charge is 0.270 e. The number of nitrogens with zero attached hydrogens (tertiary/aromatic N) is 5. The Morgan fingerprint density at radius 2 is 1.81 bits per heavy atom. The van der Waals surface area contributed by atoms with E-state index in [0.717, 1.165) is 16.9 Å². The Labute approximate surface area is 181 Å². The van der Waals surface area contributed by atoms with Crippen molar-refractivity contribution in [2.75, 3.05) is 10.8 Å². The predicted molar refractivity (Wildman–Crippen MR) is 118 cm³/mol. The van der Waals surface area contributed by atoms with E-state index >= 15 is 0 Å². The van der Waals surface area contributed by atoms with Crippen molar-refractivity contribution in [3.05, 3.63) is 71.9 Å². The fourth-order valence-electron chi connectivity index (χ4n) is 3.47. The number of benzene rings is 2. The van der Waals surface area contributed by atoms with Crippen LogP contribution in [0.15, 0.2) is 70.3 Å². The molecule has 0 saturated carbocycles. The monoisotopic (exact) mass is 453 g/mol. The molecule has 0 aliphatic heterocycles. The maximum atomic E-state index is 13.5. The molecular formula is C21H16FN5O2S2. The summed E-state index contributed by atoms with van der Waals surface area (Å²) in [5, 5.41) is 10.3. The lowest BCUT2D eigenvalue weighted by atomic mass is 10.2. The van der Waals surface area contributed by atoms with Crippen molar-refractivity contribution >= 4 is 43.9 Å². The number of hydrogen-bond donors (Lipinski definition) is 0.